The zero-order valence-corrected chi connectivity index (χ0v) is 8.14. The zero-order valence-electron chi connectivity index (χ0n) is 8.14. The number of benzene rings is 1. The van der Waals surface area contributed by atoms with E-state index in [0.29, 0.717) is 0 Å². The van der Waals surface area contributed by atoms with E-state index in [-0.39, 0.29) is 16.8 Å². The Morgan fingerprint density at radius 3 is 2.76 bits per heavy atom. The highest BCUT2D eigenvalue weighted by Crippen LogP contribution is 2.29. The highest BCUT2D eigenvalue weighted by Gasteiger charge is 2.17. The van der Waals surface area contributed by atoms with Gasteiger partial charge < -0.3 is 14.8 Å². The highest BCUT2D eigenvalue weighted by molar-refractivity contribution is 5.89. The number of carbonyl (C=O) groups is 1. The average molecular weight is 240 g/mol. The fourth-order valence-corrected chi connectivity index (χ4v) is 1.46. The molecule has 7 nitrogen and oxygen atoms in total. The Morgan fingerprint density at radius 2 is 2.18 bits per heavy atom. The minimum Gasteiger partial charge on any atom is -0.449 e. The number of non-ortho nitro benzene ring substituents is 1. The highest BCUT2D eigenvalue weighted by atomic mass is 19.1. The number of hydrogen-bond acceptors (Lipinski definition) is 4. The molecule has 0 amide bonds. The normalized spacial score (nSPS) is 10.4. The van der Waals surface area contributed by atoms with Crippen LogP contribution >= 0.6 is 0 Å². The summed E-state index contributed by atoms with van der Waals surface area (Å²) in [6.07, 6.45) is -1.57. The van der Waals surface area contributed by atoms with Crippen molar-refractivity contribution in [2.24, 2.45) is 0 Å². The summed E-state index contributed by atoms with van der Waals surface area (Å²) in [5.74, 6) is -0.994. The number of hydrogen-bond donors (Lipinski definition) is 2. The van der Waals surface area contributed by atoms with E-state index in [1.165, 1.54) is 6.07 Å². The molecule has 1 aromatic heterocycles. The molecule has 2 N–H and O–H groups in total. The molecule has 0 aliphatic carbocycles. The molecular formula is C9H5FN2O5. The number of nitro benzene ring substituents is 1. The Labute approximate surface area is 92.6 Å². The summed E-state index contributed by atoms with van der Waals surface area (Å²) in [6, 6.07) is 2.94. The second kappa shape index (κ2) is 3.74. The van der Waals surface area contributed by atoms with Gasteiger partial charge in [-0.3, -0.25) is 10.1 Å². The van der Waals surface area contributed by atoms with Crippen molar-refractivity contribution < 1.29 is 24.0 Å². The Morgan fingerprint density at radius 1 is 1.47 bits per heavy atom. The van der Waals surface area contributed by atoms with Crippen LogP contribution in [0.25, 0.3) is 10.9 Å². The number of nitrogens with zero attached hydrogens (tertiary/aromatic N) is 1. The number of ether oxygens (including phenoxy) is 1. The molecule has 0 aliphatic rings. The van der Waals surface area contributed by atoms with Crippen molar-refractivity contribution in [1.82, 2.24) is 4.98 Å². The summed E-state index contributed by atoms with van der Waals surface area (Å²) in [7, 11) is 0. The number of rotatable bonds is 2. The average Bonchev–Trinajstić information content (AvgIpc) is 2.56. The van der Waals surface area contributed by atoms with Gasteiger partial charge in [0, 0.05) is 11.5 Å². The summed E-state index contributed by atoms with van der Waals surface area (Å²) in [4.78, 5) is 22.6. The quantitative estimate of drug-likeness (QED) is 0.475. The number of nitro groups is 1. The van der Waals surface area contributed by atoms with Gasteiger partial charge in [0.15, 0.2) is 0 Å². The van der Waals surface area contributed by atoms with Crippen LogP contribution in [0.1, 0.15) is 0 Å². The van der Waals surface area contributed by atoms with Crippen molar-refractivity contribution in [2.45, 2.75) is 0 Å². The van der Waals surface area contributed by atoms with E-state index in [1.54, 1.807) is 0 Å². The monoisotopic (exact) mass is 240 g/mol. The number of halogens is 1. The van der Waals surface area contributed by atoms with Crippen molar-refractivity contribution >= 4 is 22.7 Å². The molecule has 0 saturated carbocycles. The summed E-state index contributed by atoms with van der Waals surface area (Å²) in [6.45, 7) is 0. The number of carboxylic acid groups (broad SMARTS) is 1. The molecule has 2 aromatic rings. The molecule has 17 heavy (non-hydrogen) atoms. The molecular weight excluding hydrogens is 235 g/mol. The second-order valence-electron chi connectivity index (χ2n) is 3.15. The molecule has 2 rings (SSSR count). The van der Waals surface area contributed by atoms with E-state index >= 15 is 0 Å². The third-order valence-electron chi connectivity index (χ3n) is 2.04. The van der Waals surface area contributed by atoms with Gasteiger partial charge in [0.25, 0.3) is 5.69 Å². The van der Waals surface area contributed by atoms with Gasteiger partial charge >= 0.3 is 6.16 Å². The van der Waals surface area contributed by atoms with Crippen LogP contribution in [0, 0.1) is 15.9 Å². The molecule has 0 spiro atoms. The summed E-state index contributed by atoms with van der Waals surface area (Å²) < 4.78 is 17.3. The standard InChI is InChI=1S/C9H5FN2O5/c10-5-1-4-2-7(17-9(13)14)11-8(4)6(3-5)12(15)16/h1-3,11H,(H,13,14). The summed E-state index contributed by atoms with van der Waals surface area (Å²) >= 11 is 0. The van der Waals surface area contributed by atoms with Crippen molar-refractivity contribution in [1.29, 1.82) is 0 Å². The Hall–Kier alpha value is -2.64. The zero-order chi connectivity index (χ0) is 12.6. The first-order valence-corrected chi connectivity index (χ1v) is 4.35. The number of aromatic amines is 1. The van der Waals surface area contributed by atoms with E-state index in [1.807, 2.05) is 0 Å². The lowest BCUT2D eigenvalue weighted by atomic mass is 10.2. The van der Waals surface area contributed by atoms with Gasteiger partial charge in [-0.2, -0.15) is 0 Å². The van der Waals surface area contributed by atoms with Gasteiger partial charge in [0.2, 0.25) is 5.88 Å². The lowest BCUT2D eigenvalue weighted by Crippen LogP contribution is -2.02. The maximum absolute atomic E-state index is 13.1. The first-order chi connectivity index (χ1) is 7.97. The molecule has 1 aromatic carbocycles. The third kappa shape index (κ3) is 2.00. The smallest absolute Gasteiger partial charge is 0.449 e. The minimum atomic E-state index is -1.57. The molecule has 8 heteroatoms. The van der Waals surface area contributed by atoms with E-state index in [2.05, 4.69) is 9.72 Å². The fourth-order valence-electron chi connectivity index (χ4n) is 1.46. The van der Waals surface area contributed by atoms with E-state index in [4.69, 9.17) is 5.11 Å². The summed E-state index contributed by atoms with van der Waals surface area (Å²) in [5, 5.41) is 19.2. The minimum absolute atomic E-state index is 0.00708. The lowest BCUT2D eigenvalue weighted by molar-refractivity contribution is -0.383. The number of aromatic nitrogens is 1. The van der Waals surface area contributed by atoms with Crippen LogP contribution in [-0.4, -0.2) is 21.2 Å². The molecule has 0 radical (unpaired) electrons. The van der Waals surface area contributed by atoms with Crippen molar-refractivity contribution in [3.05, 3.63) is 34.1 Å². The van der Waals surface area contributed by atoms with Gasteiger partial charge in [-0.15, -0.1) is 0 Å². The van der Waals surface area contributed by atoms with Gasteiger partial charge in [-0.05, 0) is 6.07 Å². The van der Waals surface area contributed by atoms with E-state index in [0.717, 1.165) is 12.1 Å². The summed E-state index contributed by atoms with van der Waals surface area (Å²) in [5.41, 5.74) is -0.479. The molecule has 0 saturated heterocycles. The molecule has 0 atom stereocenters. The van der Waals surface area contributed by atoms with Crippen molar-refractivity contribution in [2.75, 3.05) is 0 Å². The van der Waals surface area contributed by atoms with E-state index < -0.39 is 22.6 Å². The van der Waals surface area contributed by atoms with Crippen LogP contribution in [0.3, 0.4) is 0 Å². The van der Waals surface area contributed by atoms with Crippen molar-refractivity contribution in [3.8, 4) is 5.88 Å². The van der Waals surface area contributed by atoms with Crippen molar-refractivity contribution in [3.63, 3.8) is 0 Å². The second-order valence-corrected chi connectivity index (χ2v) is 3.15. The topological polar surface area (TPSA) is 105 Å². The van der Waals surface area contributed by atoms with Crippen LogP contribution in [0.4, 0.5) is 14.9 Å². The predicted octanol–water partition coefficient (Wildman–Crippen LogP) is 2.27. The van der Waals surface area contributed by atoms with Gasteiger partial charge in [0.1, 0.15) is 11.3 Å². The van der Waals surface area contributed by atoms with Gasteiger partial charge in [0.05, 0.1) is 11.0 Å². The molecule has 0 bridgehead atoms. The Bertz CT molecular complexity index is 621. The third-order valence-corrected chi connectivity index (χ3v) is 2.04. The SMILES string of the molecule is O=C(O)Oc1cc2cc(F)cc([N+](=O)[O-])c2[nH]1. The van der Waals surface area contributed by atoms with Crippen LogP contribution in [-0.2, 0) is 0 Å². The Kier molecular flexibility index (Phi) is 2.39. The predicted molar refractivity (Wildman–Crippen MR) is 53.6 cm³/mol. The maximum atomic E-state index is 13.1. The number of fused-ring (bicyclic) bond motifs is 1. The van der Waals surface area contributed by atoms with Crippen LogP contribution < -0.4 is 4.74 Å². The number of nitrogens with one attached hydrogen (secondary N) is 1. The van der Waals surface area contributed by atoms with Gasteiger partial charge in [-0.25, -0.2) is 9.18 Å². The fraction of sp³-hybridized carbons (Fsp3) is 0. The Balaban J connectivity index is 2.63. The van der Waals surface area contributed by atoms with Gasteiger partial charge in [-0.1, -0.05) is 0 Å². The maximum Gasteiger partial charge on any atom is 0.512 e. The van der Waals surface area contributed by atoms with Crippen LogP contribution in [0.2, 0.25) is 0 Å². The van der Waals surface area contributed by atoms with E-state index in [9.17, 15) is 19.3 Å². The molecule has 1 heterocycles. The molecule has 88 valence electrons. The van der Waals surface area contributed by atoms with Crippen LogP contribution in [0.5, 0.6) is 5.88 Å². The number of H-pyrrole nitrogens is 1. The molecule has 0 aliphatic heterocycles. The van der Waals surface area contributed by atoms with Crippen LogP contribution in [0.15, 0.2) is 18.2 Å². The molecule has 0 unspecified atom stereocenters. The largest absolute Gasteiger partial charge is 0.512 e. The first kappa shape index (κ1) is 10.9. The first-order valence-electron chi connectivity index (χ1n) is 4.35. The lowest BCUT2D eigenvalue weighted by Gasteiger charge is -1.94. The molecule has 0 fully saturated rings.